The zero-order valence-corrected chi connectivity index (χ0v) is 31.3. The molecule has 228 valence electrons. The van der Waals surface area contributed by atoms with Gasteiger partial charge in [0.2, 0.25) is 0 Å². The minimum absolute atomic E-state index is 0. The molecule has 0 atom stereocenters. The summed E-state index contributed by atoms with van der Waals surface area (Å²) in [6, 6.07) is 40.4. The van der Waals surface area contributed by atoms with Gasteiger partial charge in [0.15, 0.2) is 0 Å². The molecule has 0 nitrogen and oxygen atoms in total. The van der Waals surface area contributed by atoms with Crippen LogP contribution >= 0.6 is 24.8 Å². The zero-order chi connectivity index (χ0) is 27.6. The van der Waals surface area contributed by atoms with E-state index in [0.29, 0.717) is 0 Å². The van der Waals surface area contributed by atoms with Crippen LogP contribution in [0.1, 0.15) is 59.8 Å². The molecule has 0 amide bonds. The van der Waals surface area contributed by atoms with Crippen molar-refractivity contribution in [3.8, 4) is 22.3 Å². The molecule has 0 heterocycles. The first-order valence-electron chi connectivity index (χ1n) is 14.4. The number of aryl methyl sites for hydroxylation is 2. The number of benzene rings is 4. The molecule has 0 saturated heterocycles. The Morgan fingerprint density at radius 1 is 0.545 bits per heavy atom. The molecule has 6 aromatic rings. The van der Waals surface area contributed by atoms with Crippen molar-refractivity contribution in [1.29, 1.82) is 0 Å². The number of hydrogen-bond acceptors (Lipinski definition) is 0. The van der Waals surface area contributed by atoms with Gasteiger partial charge in [-0.1, -0.05) is 109 Å². The van der Waals surface area contributed by atoms with Crippen LogP contribution in [0.5, 0.6) is 0 Å². The van der Waals surface area contributed by atoms with Gasteiger partial charge in [0.1, 0.15) is 0 Å². The third kappa shape index (κ3) is 8.52. The normalized spacial score (nSPS) is 13.0. The van der Waals surface area contributed by atoms with E-state index >= 15 is 0 Å². The molecule has 44 heavy (non-hydrogen) atoms. The van der Waals surface area contributed by atoms with Gasteiger partial charge in [-0.15, -0.1) is 81.8 Å². The monoisotopic (exact) mass is 710 g/mol. The predicted molar refractivity (Wildman–Crippen MR) is 196 cm³/mol. The summed E-state index contributed by atoms with van der Waals surface area (Å²) in [5, 5.41) is 5.60. The van der Waals surface area contributed by atoms with Crippen LogP contribution in [0.2, 0.25) is 0 Å². The zero-order valence-electron chi connectivity index (χ0n) is 26.2. The van der Waals surface area contributed by atoms with E-state index in [1.807, 2.05) is 0 Å². The van der Waals surface area contributed by atoms with E-state index in [4.69, 9.17) is 0 Å². The topological polar surface area (TPSA) is 0 Å². The predicted octanol–water partition coefficient (Wildman–Crippen LogP) is 12.2. The number of rotatable bonds is 4. The average molecular weight is 713 g/mol. The molecular weight excluding hydrogens is 671 g/mol. The van der Waals surface area contributed by atoms with E-state index in [9.17, 15) is 0 Å². The van der Waals surface area contributed by atoms with Crippen molar-refractivity contribution < 1.29 is 23.3 Å². The molecule has 0 aliphatic heterocycles. The molecule has 2 radical (unpaired) electrons. The van der Waals surface area contributed by atoms with Gasteiger partial charge in [-0.2, -0.15) is 12.1 Å². The van der Waals surface area contributed by atoms with Crippen molar-refractivity contribution in [2.75, 3.05) is 0 Å². The number of halogens is 2. The Kier molecular flexibility index (Phi) is 14.6. The summed E-state index contributed by atoms with van der Waals surface area (Å²) in [6.07, 6.45) is 5.44. The van der Waals surface area contributed by atoms with Gasteiger partial charge >= 0.3 is 30.2 Å². The molecule has 4 heteroatoms. The molecule has 0 unspecified atom stereocenters. The molecule has 2 aliphatic rings. The van der Waals surface area contributed by atoms with Crippen LogP contribution in [0.25, 0.3) is 43.8 Å². The average Bonchev–Trinajstić information content (AvgIpc) is 3.93. The molecule has 0 bridgehead atoms. The Morgan fingerprint density at radius 3 is 1.20 bits per heavy atom. The first kappa shape index (κ1) is 38.0. The van der Waals surface area contributed by atoms with Crippen molar-refractivity contribution >= 4 is 53.2 Å². The Balaban J connectivity index is 0.000000268. The summed E-state index contributed by atoms with van der Waals surface area (Å²) in [5.41, 5.74) is 11.2. The van der Waals surface area contributed by atoms with Crippen molar-refractivity contribution in [1.82, 2.24) is 0 Å². The van der Waals surface area contributed by atoms with E-state index in [2.05, 4.69) is 130 Å². The Labute approximate surface area is 294 Å². The second-order valence-electron chi connectivity index (χ2n) is 11.5. The first-order valence-corrected chi connectivity index (χ1v) is 18.6. The summed E-state index contributed by atoms with van der Waals surface area (Å²) in [7, 11) is 0. The molecule has 6 aromatic carbocycles. The molecular formula is C40H42Cl2SiZr-4. The van der Waals surface area contributed by atoms with E-state index in [1.54, 1.807) is 0 Å². The Morgan fingerprint density at radius 2 is 0.886 bits per heavy atom. The second kappa shape index (κ2) is 16.9. The van der Waals surface area contributed by atoms with Gasteiger partial charge in [0.25, 0.3) is 0 Å². The quantitative estimate of drug-likeness (QED) is 0.126. The number of hydrogen-bond donors (Lipinski definition) is 0. The molecule has 2 saturated carbocycles. The standard InChI is InChI=1S/2C19H17.2CH3.2ClH.Si.Zr/c2*1-13-9-17-11-16(14-7-8-14)12-19(18(17)10-13)15-5-3-2-4-6-15;;;;;;/h2*2-6,9-12,14H,7-8H2,1H3;2*1H3;2*1H;;/q4*-1;;;;. The van der Waals surface area contributed by atoms with Gasteiger partial charge in [-0.05, 0) is 48.6 Å². The molecule has 8 rings (SSSR count). The van der Waals surface area contributed by atoms with Crippen LogP contribution in [-0.4, -0.2) is 6.88 Å². The molecule has 2 aliphatic carbocycles. The molecule has 0 spiro atoms. The van der Waals surface area contributed by atoms with Crippen LogP contribution in [0, 0.1) is 28.7 Å². The van der Waals surface area contributed by atoms with Crippen LogP contribution in [-0.2, 0) is 23.3 Å². The maximum absolute atomic E-state index is 3.06. The third-order valence-electron chi connectivity index (χ3n) is 8.25. The minimum atomic E-state index is 0. The van der Waals surface area contributed by atoms with E-state index < -0.39 is 0 Å². The van der Waals surface area contributed by atoms with Crippen LogP contribution < -0.4 is 0 Å². The Bertz CT molecular complexity index is 1630. The second-order valence-corrected chi connectivity index (χ2v) is 11.5. The summed E-state index contributed by atoms with van der Waals surface area (Å²) >= 11 is 1.36. The van der Waals surface area contributed by atoms with Crippen LogP contribution in [0.4, 0.5) is 0 Å². The number of fused-ring (bicyclic) bond motifs is 2. The van der Waals surface area contributed by atoms with Crippen LogP contribution in [0.15, 0.2) is 109 Å². The summed E-state index contributed by atoms with van der Waals surface area (Å²) < 4.78 is 0. The van der Waals surface area contributed by atoms with Crippen molar-refractivity contribution in [3.05, 3.63) is 146 Å². The summed E-state index contributed by atoms with van der Waals surface area (Å²) in [6.45, 7) is 7.43. The van der Waals surface area contributed by atoms with E-state index in [1.165, 1.54) is 115 Å². The summed E-state index contributed by atoms with van der Waals surface area (Å²) in [4.78, 5) is 0. The summed E-state index contributed by atoms with van der Waals surface area (Å²) in [5.74, 6) is 1.61. The van der Waals surface area contributed by atoms with Gasteiger partial charge in [-0.25, -0.2) is 0 Å². The maximum atomic E-state index is 3.06. The molecule has 0 N–H and O–H groups in total. The van der Waals surface area contributed by atoms with Gasteiger partial charge in [-0.3, -0.25) is 0 Å². The van der Waals surface area contributed by atoms with Crippen molar-refractivity contribution in [3.63, 3.8) is 0 Å². The van der Waals surface area contributed by atoms with E-state index in [-0.39, 0.29) is 39.7 Å². The molecule has 0 aromatic heterocycles. The van der Waals surface area contributed by atoms with E-state index in [0.717, 1.165) is 11.8 Å². The van der Waals surface area contributed by atoms with Crippen molar-refractivity contribution in [2.24, 2.45) is 0 Å². The first-order chi connectivity index (χ1) is 19.6. The van der Waals surface area contributed by atoms with Gasteiger partial charge in [0, 0.05) is 0 Å². The van der Waals surface area contributed by atoms with Crippen molar-refractivity contribution in [2.45, 2.75) is 51.4 Å². The Hall–Kier alpha value is -2.22. The SMILES string of the molecule is Cc1cc2c(-c3ccccc3)cc(C3CC3)cc2[cH-]1.Cc1cc2c(-c3ccccc3)cc(C3CC3)cc2[cH-]1.Cl.Cl.[CH3-].[CH3-].[Si]=[Zr]. The third-order valence-corrected chi connectivity index (χ3v) is 8.25. The van der Waals surface area contributed by atoms with Gasteiger partial charge in [0.05, 0.1) is 0 Å². The fourth-order valence-electron chi connectivity index (χ4n) is 6.01. The molecule has 2 fully saturated rings. The van der Waals surface area contributed by atoms with Gasteiger partial charge < -0.3 is 14.9 Å². The van der Waals surface area contributed by atoms with Crippen LogP contribution in [0.3, 0.4) is 0 Å². The fourth-order valence-corrected chi connectivity index (χ4v) is 6.01. The fraction of sp³-hybridized carbons (Fsp3) is 0.200.